The zero-order valence-electron chi connectivity index (χ0n) is 12.7. The highest BCUT2D eigenvalue weighted by molar-refractivity contribution is 7.80. The number of benzene rings is 2. The van der Waals surface area contributed by atoms with E-state index in [2.05, 4.69) is 52.7 Å². The summed E-state index contributed by atoms with van der Waals surface area (Å²) in [5, 5.41) is 4.23. The summed E-state index contributed by atoms with van der Waals surface area (Å²) in [5.74, 6) is 0. The molecule has 0 bridgehead atoms. The standard InChI is InChI=1S/C19H22N2S/c22-19(20-17-10-5-2-6-11-17)21-15-7-12-18(21)14-13-16-8-3-1-4-9-16/h1-6,8-11,18H,7,12-15H2,(H,20,22)/t18-/m0/s1. The van der Waals surface area contributed by atoms with Gasteiger partial charge in [0.15, 0.2) is 5.11 Å². The van der Waals surface area contributed by atoms with Crippen LogP contribution in [-0.4, -0.2) is 22.6 Å². The van der Waals surface area contributed by atoms with E-state index in [0.717, 1.165) is 23.8 Å². The molecule has 0 spiro atoms. The van der Waals surface area contributed by atoms with Crippen LogP contribution in [0.4, 0.5) is 5.69 Å². The fraction of sp³-hybridized carbons (Fsp3) is 0.316. The van der Waals surface area contributed by atoms with E-state index in [1.807, 2.05) is 18.2 Å². The molecule has 0 aromatic heterocycles. The molecule has 0 amide bonds. The molecule has 3 rings (SSSR count). The second kappa shape index (κ2) is 7.41. The number of anilines is 1. The third kappa shape index (κ3) is 3.86. The predicted molar refractivity (Wildman–Crippen MR) is 97.2 cm³/mol. The van der Waals surface area contributed by atoms with Crippen molar-refractivity contribution in [1.82, 2.24) is 4.90 Å². The largest absolute Gasteiger partial charge is 0.346 e. The Hall–Kier alpha value is -1.87. The minimum absolute atomic E-state index is 0.559. The molecular weight excluding hydrogens is 288 g/mol. The molecular formula is C19H22N2S. The molecule has 1 heterocycles. The Morgan fingerprint density at radius 3 is 2.45 bits per heavy atom. The molecule has 1 atom stereocenters. The Morgan fingerprint density at radius 2 is 1.73 bits per heavy atom. The molecule has 2 nitrogen and oxygen atoms in total. The Morgan fingerprint density at radius 1 is 1.05 bits per heavy atom. The lowest BCUT2D eigenvalue weighted by atomic mass is 10.0. The van der Waals surface area contributed by atoms with E-state index in [9.17, 15) is 0 Å². The van der Waals surface area contributed by atoms with E-state index in [1.165, 1.54) is 24.8 Å². The van der Waals surface area contributed by atoms with E-state index in [4.69, 9.17) is 12.2 Å². The van der Waals surface area contributed by atoms with Gasteiger partial charge in [-0.25, -0.2) is 0 Å². The van der Waals surface area contributed by atoms with Crippen LogP contribution in [0, 0.1) is 0 Å². The number of thiocarbonyl (C=S) groups is 1. The first-order chi connectivity index (χ1) is 10.8. The Bertz CT molecular complexity index is 597. The average molecular weight is 310 g/mol. The first kappa shape index (κ1) is 15.0. The van der Waals surface area contributed by atoms with Gasteiger partial charge in [0.2, 0.25) is 0 Å². The maximum Gasteiger partial charge on any atom is 0.173 e. The van der Waals surface area contributed by atoms with Crippen molar-refractivity contribution in [3.8, 4) is 0 Å². The minimum Gasteiger partial charge on any atom is -0.346 e. The lowest BCUT2D eigenvalue weighted by Crippen LogP contribution is -2.38. The van der Waals surface area contributed by atoms with E-state index in [0.29, 0.717) is 6.04 Å². The van der Waals surface area contributed by atoms with Crippen LogP contribution in [0.1, 0.15) is 24.8 Å². The summed E-state index contributed by atoms with van der Waals surface area (Å²) in [4.78, 5) is 2.37. The van der Waals surface area contributed by atoms with E-state index in [1.54, 1.807) is 0 Å². The van der Waals surface area contributed by atoms with E-state index >= 15 is 0 Å². The van der Waals surface area contributed by atoms with Gasteiger partial charge in [0.25, 0.3) is 0 Å². The third-order valence-electron chi connectivity index (χ3n) is 4.27. The number of nitrogens with one attached hydrogen (secondary N) is 1. The van der Waals surface area contributed by atoms with Gasteiger partial charge in [0.1, 0.15) is 0 Å². The smallest absolute Gasteiger partial charge is 0.173 e. The van der Waals surface area contributed by atoms with Crippen LogP contribution in [0.5, 0.6) is 0 Å². The Labute approximate surface area is 138 Å². The third-order valence-corrected chi connectivity index (χ3v) is 4.61. The summed E-state index contributed by atoms with van der Waals surface area (Å²) in [6, 6.07) is 21.5. The molecule has 2 aromatic rings. The van der Waals surface area contributed by atoms with Crippen molar-refractivity contribution in [3.05, 3.63) is 66.2 Å². The maximum atomic E-state index is 5.62. The summed E-state index contributed by atoms with van der Waals surface area (Å²) >= 11 is 5.62. The van der Waals surface area contributed by atoms with Crippen molar-refractivity contribution >= 4 is 23.0 Å². The quantitative estimate of drug-likeness (QED) is 0.838. The number of aryl methyl sites for hydroxylation is 1. The number of hydrogen-bond donors (Lipinski definition) is 1. The number of likely N-dealkylation sites (tertiary alicyclic amines) is 1. The molecule has 0 aliphatic carbocycles. The van der Waals surface area contributed by atoms with Gasteiger partial charge >= 0.3 is 0 Å². The number of para-hydroxylation sites is 1. The van der Waals surface area contributed by atoms with Gasteiger partial charge in [-0.05, 0) is 55.6 Å². The maximum absolute atomic E-state index is 5.62. The number of rotatable bonds is 4. The van der Waals surface area contributed by atoms with Crippen LogP contribution in [-0.2, 0) is 6.42 Å². The van der Waals surface area contributed by atoms with Crippen molar-refractivity contribution < 1.29 is 0 Å². The SMILES string of the molecule is S=C(Nc1ccccc1)N1CCC[C@H]1CCc1ccccc1. The second-order valence-electron chi connectivity index (χ2n) is 5.81. The lowest BCUT2D eigenvalue weighted by Gasteiger charge is -2.27. The first-order valence-corrected chi connectivity index (χ1v) is 8.40. The fourth-order valence-electron chi connectivity index (χ4n) is 3.10. The zero-order valence-corrected chi connectivity index (χ0v) is 13.6. The molecule has 0 radical (unpaired) electrons. The van der Waals surface area contributed by atoms with Gasteiger partial charge in [-0.1, -0.05) is 48.5 Å². The van der Waals surface area contributed by atoms with Crippen molar-refractivity contribution in [3.63, 3.8) is 0 Å². The monoisotopic (exact) mass is 310 g/mol. The lowest BCUT2D eigenvalue weighted by molar-refractivity contribution is 0.374. The second-order valence-corrected chi connectivity index (χ2v) is 6.20. The molecule has 0 saturated carbocycles. The molecule has 1 saturated heterocycles. The summed E-state index contributed by atoms with van der Waals surface area (Å²) in [6.07, 6.45) is 4.76. The Kier molecular flexibility index (Phi) is 5.07. The Balaban J connectivity index is 1.57. The van der Waals surface area contributed by atoms with Crippen molar-refractivity contribution in [2.75, 3.05) is 11.9 Å². The number of nitrogens with zero attached hydrogens (tertiary/aromatic N) is 1. The van der Waals surface area contributed by atoms with Crippen molar-refractivity contribution in [1.29, 1.82) is 0 Å². The highest BCUT2D eigenvalue weighted by Crippen LogP contribution is 2.23. The molecule has 22 heavy (non-hydrogen) atoms. The topological polar surface area (TPSA) is 15.3 Å². The highest BCUT2D eigenvalue weighted by Gasteiger charge is 2.26. The van der Waals surface area contributed by atoms with Gasteiger partial charge in [-0.15, -0.1) is 0 Å². The first-order valence-electron chi connectivity index (χ1n) is 7.99. The summed E-state index contributed by atoms with van der Waals surface area (Å²) in [7, 11) is 0. The van der Waals surface area contributed by atoms with Gasteiger partial charge in [-0.2, -0.15) is 0 Å². The van der Waals surface area contributed by atoms with Crippen LogP contribution in [0.25, 0.3) is 0 Å². The van der Waals surface area contributed by atoms with Crippen molar-refractivity contribution in [2.24, 2.45) is 0 Å². The predicted octanol–water partition coefficient (Wildman–Crippen LogP) is 4.48. The fourth-order valence-corrected chi connectivity index (χ4v) is 3.46. The summed E-state index contributed by atoms with van der Waals surface area (Å²) < 4.78 is 0. The zero-order chi connectivity index (χ0) is 15.2. The number of hydrogen-bond acceptors (Lipinski definition) is 1. The van der Waals surface area contributed by atoms with Crippen LogP contribution in [0.2, 0.25) is 0 Å². The normalized spacial score (nSPS) is 17.5. The minimum atomic E-state index is 0.559. The molecule has 1 aliphatic heterocycles. The van der Waals surface area contributed by atoms with Crippen LogP contribution < -0.4 is 5.32 Å². The van der Waals surface area contributed by atoms with Crippen LogP contribution >= 0.6 is 12.2 Å². The van der Waals surface area contributed by atoms with E-state index < -0.39 is 0 Å². The average Bonchev–Trinajstić information content (AvgIpc) is 3.03. The highest BCUT2D eigenvalue weighted by atomic mass is 32.1. The van der Waals surface area contributed by atoms with Gasteiger partial charge in [-0.3, -0.25) is 0 Å². The molecule has 1 N–H and O–H groups in total. The van der Waals surface area contributed by atoms with Gasteiger partial charge in [0, 0.05) is 18.3 Å². The molecule has 3 heteroatoms. The summed E-state index contributed by atoms with van der Waals surface area (Å²) in [5.41, 5.74) is 2.48. The molecule has 114 valence electrons. The molecule has 1 aliphatic rings. The molecule has 2 aromatic carbocycles. The van der Waals surface area contributed by atoms with Gasteiger partial charge < -0.3 is 10.2 Å². The van der Waals surface area contributed by atoms with Crippen LogP contribution in [0.15, 0.2) is 60.7 Å². The molecule has 0 unspecified atom stereocenters. The van der Waals surface area contributed by atoms with Crippen molar-refractivity contribution in [2.45, 2.75) is 31.7 Å². The van der Waals surface area contributed by atoms with Gasteiger partial charge in [0.05, 0.1) is 0 Å². The molecule has 1 fully saturated rings. The van der Waals surface area contributed by atoms with E-state index in [-0.39, 0.29) is 0 Å². The summed E-state index contributed by atoms with van der Waals surface area (Å²) in [6.45, 7) is 1.07. The van der Waals surface area contributed by atoms with Crippen LogP contribution in [0.3, 0.4) is 0 Å².